The summed E-state index contributed by atoms with van der Waals surface area (Å²) in [5.74, 6) is 0.242. The number of nitrogens with zero attached hydrogens (tertiary/aromatic N) is 1. The fraction of sp³-hybridized carbons (Fsp3) is 0.667. The van der Waals surface area contributed by atoms with Gasteiger partial charge in [-0.05, 0) is 37.7 Å². The maximum absolute atomic E-state index is 10.6. The number of ether oxygens (including phenoxy) is 1. The van der Waals surface area contributed by atoms with Gasteiger partial charge in [-0.2, -0.15) is 0 Å². The third-order valence-electron chi connectivity index (χ3n) is 4.61. The molecule has 0 radical (unpaired) electrons. The SMILES string of the molecule is OC(c1ccncc1Cl)C1CCOC2(CCCC2)C1. The lowest BCUT2D eigenvalue weighted by molar-refractivity contribution is -0.113. The zero-order valence-corrected chi connectivity index (χ0v) is 11.8. The van der Waals surface area contributed by atoms with E-state index in [-0.39, 0.29) is 11.5 Å². The Morgan fingerprint density at radius 3 is 2.95 bits per heavy atom. The van der Waals surface area contributed by atoms with Crippen molar-refractivity contribution < 1.29 is 9.84 Å². The van der Waals surface area contributed by atoms with E-state index in [0.717, 1.165) is 37.9 Å². The molecule has 0 amide bonds. The van der Waals surface area contributed by atoms with Crippen LogP contribution in [0.2, 0.25) is 5.02 Å². The van der Waals surface area contributed by atoms with Gasteiger partial charge in [0, 0.05) is 24.6 Å². The average molecular weight is 282 g/mol. The summed E-state index contributed by atoms with van der Waals surface area (Å²) in [6.45, 7) is 0.754. The van der Waals surface area contributed by atoms with E-state index in [1.807, 2.05) is 6.07 Å². The largest absolute Gasteiger partial charge is 0.388 e. The lowest BCUT2D eigenvalue weighted by atomic mass is 9.80. The first-order valence-corrected chi connectivity index (χ1v) is 7.49. The third-order valence-corrected chi connectivity index (χ3v) is 4.93. The summed E-state index contributed by atoms with van der Waals surface area (Å²) in [5.41, 5.74) is 0.834. The zero-order valence-electron chi connectivity index (χ0n) is 11.0. The lowest BCUT2D eigenvalue weighted by Gasteiger charge is -2.40. The number of hydrogen-bond acceptors (Lipinski definition) is 3. The van der Waals surface area contributed by atoms with Gasteiger partial charge in [0.2, 0.25) is 0 Å². The molecule has 19 heavy (non-hydrogen) atoms. The minimum atomic E-state index is -0.503. The fourth-order valence-electron chi connectivity index (χ4n) is 3.58. The number of hydrogen-bond donors (Lipinski definition) is 1. The number of aliphatic hydroxyl groups excluding tert-OH is 1. The van der Waals surface area contributed by atoms with Crippen molar-refractivity contribution in [2.45, 2.75) is 50.2 Å². The summed E-state index contributed by atoms with van der Waals surface area (Å²) in [6, 6.07) is 1.82. The summed E-state index contributed by atoms with van der Waals surface area (Å²) in [5, 5.41) is 11.2. The molecule has 2 fully saturated rings. The van der Waals surface area contributed by atoms with Crippen LogP contribution >= 0.6 is 11.6 Å². The van der Waals surface area contributed by atoms with Crippen LogP contribution in [0.4, 0.5) is 0 Å². The van der Waals surface area contributed by atoms with Crippen LogP contribution in [0.3, 0.4) is 0 Å². The first-order chi connectivity index (χ1) is 9.20. The van der Waals surface area contributed by atoms with Gasteiger partial charge in [0.15, 0.2) is 0 Å². The van der Waals surface area contributed by atoms with Gasteiger partial charge in [-0.1, -0.05) is 24.4 Å². The molecule has 3 nitrogen and oxygen atoms in total. The van der Waals surface area contributed by atoms with Crippen LogP contribution in [0, 0.1) is 5.92 Å². The fourth-order valence-corrected chi connectivity index (χ4v) is 3.81. The molecule has 1 aromatic heterocycles. The van der Waals surface area contributed by atoms with Crippen LogP contribution in [0.5, 0.6) is 0 Å². The predicted octanol–water partition coefficient (Wildman–Crippen LogP) is 3.51. The minimum absolute atomic E-state index is 0.0312. The summed E-state index contributed by atoms with van der Waals surface area (Å²) < 4.78 is 6.02. The summed E-state index contributed by atoms with van der Waals surface area (Å²) in [4.78, 5) is 3.98. The van der Waals surface area contributed by atoms with Crippen molar-refractivity contribution in [2.75, 3.05) is 6.61 Å². The Hall–Kier alpha value is -0.640. The van der Waals surface area contributed by atoms with Gasteiger partial charge < -0.3 is 9.84 Å². The molecule has 0 bridgehead atoms. The van der Waals surface area contributed by atoms with Gasteiger partial charge in [-0.15, -0.1) is 0 Å². The van der Waals surface area contributed by atoms with E-state index in [9.17, 15) is 5.11 Å². The van der Waals surface area contributed by atoms with Gasteiger partial charge >= 0.3 is 0 Å². The Morgan fingerprint density at radius 1 is 1.42 bits per heavy atom. The molecule has 104 valence electrons. The van der Waals surface area contributed by atoms with Crippen LogP contribution in [0.15, 0.2) is 18.5 Å². The van der Waals surface area contributed by atoms with Crippen molar-refractivity contribution in [3.8, 4) is 0 Å². The van der Waals surface area contributed by atoms with Crippen LogP contribution < -0.4 is 0 Å². The molecule has 1 aromatic rings. The van der Waals surface area contributed by atoms with E-state index >= 15 is 0 Å². The Balaban J connectivity index is 1.76. The molecule has 1 spiro atoms. The van der Waals surface area contributed by atoms with Crippen molar-refractivity contribution >= 4 is 11.6 Å². The van der Waals surface area contributed by atoms with E-state index in [2.05, 4.69) is 4.98 Å². The second-order valence-electron chi connectivity index (χ2n) is 5.83. The smallest absolute Gasteiger partial charge is 0.0835 e. The first kappa shape index (κ1) is 13.3. The number of aliphatic hydroxyl groups is 1. The number of halogens is 1. The molecular formula is C15H20ClNO2. The molecule has 1 saturated carbocycles. The Kier molecular flexibility index (Phi) is 3.79. The maximum Gasteiger partial charge on any atom is 0.0835 e. The van der Waals surface area contributed by atoms with Crippen molar-refractivity contribution in [3.05, 3.63) is 29.0 Å². The lowest BCUT2D eigenvalue weighted by Crippen LogP contribution is -2.39. The predicted molar refractivity (Wildman–Crippen MR) is 74.1 cm³/mol. The maximum atomic E-state index is 10.6. The number of rotatable bonds is 2. The van der Waals surface area contributed by atoms with Crippen LogP contribution in [-0.2, 0) is 4.74 Å². The molecule has 4 heteroatoms. The molecule has 1 N–H and O–H groups in total. The molecule has 1 aliphatic carbocycles. The normalized spacial score (nSPS) is 27.6. The molecule has 2 atom stereocenters. The molecule has 1 saturated heterocycles. The monoisotopic (exact) mass is 281 g/mol. The second kappa shape index (κ2) is 5.39. The third kappa shape index (κ3) is 2.64. The molecular weight excluding hydrogens is 262 g/mol. The van der Waals surface area contributed by atoms with E-state index in [4.69, 9.17) is 16.3 Å². The highest BCUT2D eigenvalue weighted by Crippen LogP contribution is 2.45. The Morgan fingerprint density at radius 2 is 2.21 bits per heavy atom. The van der Waals surface area contributed by atoms with Crippen molar-refractivity contribution in [2.24, 2.45) is 5.92 Å². The number of aromatic nitrogens is 1. The van der Waals surface area contributed by atoms with Gasteiger partial charge in [-0.25, -0.2) is 0 Å². The highest BCUT2D eigenvalue weighted by molar-refractivity contribution is 6.31. The highest BCUT2D eigenvalue weighted by atomic mass is 35.5. The van der Waals surface area contributed by atoms with Crippen molar-refractivity contribution in [1.29, 1.82) is 0 Å². The van der Waals surface area contributed by atoms with Gasteiger partial charge in [0.05, 0.1) is 16.7 Å². The van der Waals surface area contributed by atoms with E-state index in [1.165, 1.54) is 12.8 Å². The van der Waals surface area contributed by atoms with Crippen LogP contribution in [-0.4, -0.2) is 22.3 Å². The zero-order chi connectivity index (χ0) is 13.3. The summed E-state index contributed by atoms with van der Waals surface area (Å²) in [7, 11) is 0. The van der Waals surface area contributed by atoms with Gasteiger partial charge in [0.25, 0.3) is 0 Å². The second-order valence-corrected chi connectivity index (χ2v) is 6.24. The Labute approximate surface area is 118 Å². The molecule has 2 aliphatic rings. The van der Waals surface area contributed by atoms with Gasteiger partial charge in [0.1, 0.15) is 0 Å². The topological polar surface area (TPSA) is 42.4 Å². The van der Waals surface area contributed by atoms with Crippen LogP contribution in [0.1, 0.15) is 50.2 Å². The highest BCUT2D eigenvalue weighted by Gasteiger charge is 2.42. The molecule has 1 aliphatic heterocycles. The minimum Gasteiger partial charge on any atom is -0.388 e. The summed E-state index contributed by atoms with van der Waals surface area (Å²) in [6.07, 6.45) is 9.42. The van der Waals surface area contributed by atoms with Gasteiger partial charge in [-0.3, -0.25) is 4.98 Å². The van der Waals surface area contributed by atoms with Crippen molar-refractivity contribution in [1.82, 2.24) is 4.98 Å². The number of pyridine rings is 1. The van der Waals surface area contributed by atoms with E-state index in [1.54, 1.807) is 12.4 Å². The summed E-state index contributed by atoms with van der Waals surface area (Å²) >= 11 is 6.14. The Bertz CT molecular complexity index is 446. The van der Waals surface area contributed by atoms with Crippen LogP contribution in [0.25, 0.3) is 0 Å². The molecule has 2 heterocycles. The molecule has 2 unspecified atom stereocenters. The standard InChI is InChI=1S/C15H20ClNO2/c16-13-10-17-7-3-12(13)14(18)11-4-8-19-15(9-11)5-1-2-6-15/h3,7,10-11,14,18H,1-2,4-6,8-9H2. The molecule has 0 aromatic carbocycles. The van der Waals surface area contributed by atoms with Crippen molar-refractivity contribution in [3.63, 3.8) is 0 Å². The molecule has 3 rings (SSSR count). The quantitative estimate of drug-likeness (QED) is 0.902. The average Bonchev–Trinajstić information content (AvgIpc) is 2.86. The first-order valence-electron chi connectivity index (χ1n) is 7.12. The van der Waals surface area contributed by atoms with E-state index in [0.29, 0.717) is 5.02 Å². The van der Waals surface area contributed by atoms with E-state index < -0.39 is 6.10 Å².